The number of aryl methyl sites for hydroxylation is 1. The number of benzene rings is 2. The Bertz CT molecular complexity index is 1230. The van der Waals surface area contributed by atoms with E-state index in [1.165, 1.54) is 41.5 Å². The Balaban J connectivity index is 1.61. The highest BCUT2D eigenvalue weighted by atomic mass is 32.1. The topological polar surface area (TPSA) is 47.4 Å². The molecule has 2 heterocycles. The zero-order chi connectivity index (χ0) is 21.4. The molecule has 0 fully saturated rings. The second-order valence-corrected chi connectivity index (χ2v) is 7.96. The van der Waals surface area contributed by atoms with Gasteiger partial charge in [0.15, 0.2) is 11.6 Å². The summed E-state index contributed by atoms with van der Waals surface area (Å²) in [6, 6.07) is 12.5. The van der Waals surface area contributed by atoms with Gasteiger partial charge in [-0.2, -0.15) is 5.10 Å². The Hall–Kier alpha value is -3.26. The molecule has 5 nitrogen and oxygen atoms in total. The van der Waals surface area contributed by atoms with Gasteiger partial charge >= 0.3 is 0 Å². The fourth-order valence-corrected chi connectivity index (χ4v) is 4.43. The van der Waals surface area contributed by atoms with Gasteiger partial charge in [-0.15, -0.1) is 11.3 Å². The van der Waals surface area contributed by atoms with E-state index in [-0.39, 0.29) is 24.0 Å². The lowest BCUT2D eigenvalue weighted by molar-refractivity contribution is 0.0790. The minimum Gasteiger partial charge on any atom is -0.494 e. The Morgan fingerprint density at radius 1 is 1.17 bits per heavy atom. The zero-order valence-electron chi connectivity index (χ0n) is 16.6. The van der Waals surface area contributed by atoms with Crippen LogP contribution in [0.3, 0.4) is 0 Å². The molecule has 0 aliphatic carbocycles. The summed E-state index contributed by atoms with van der Waals surface area (Å²) in [7, 11) is 3.08. The maximum Gasteiger partial charge on any atom is 0.264 e. The van der Waals surface area contributed by atoms with Crippen molar-refractivity contribution in [2.75, 3.05) is 14.2 Å². The molecule has 1 amide bonds. The molecular weight excluding hydrogens is 408 g/mol. The molecule has 0 saturated heterocycles. The standard InChI is InChI=1S/C22H19F2N3O2S/c1-13-17-11-20(30-22(17)27(25-13)16-7-5-15(23)6-8-16)21(28)26(2)12-14-4-9-19(29-3)18(24)10-14/h4-11H,12H2,1-3H3. The average molecular weight is 427 g/mol. The van der Waals surface area contributed by atoms with E-state index in [0.29, 0.717) is 10.4 Å². The number of fused-ring (bicyclic) bond motifs is 1. The van der Waals surface area contributed by atoms with E-state index in [1.54, 1.807) is 36.0 Å². The van der Waals surface area contributed by atoms with E-state index >= 15 is 0 Å². The van der Waals surface area contributed by atoms with Gasteiger partial charge in [0.2, 0.25) is 0 Å². The monoisotopic (exact) mass is 427 g/mol. The van der Waals surface area contributed by atoms with Crippen molar-refractivity contribution in [3.05, 3.63) is 76.3 Å². The van der Waals surface area contributed by atoms with Gasteiger partial charge in [0, 0.05) is 19.0 Å². The maximum atomic E-state index is 13.9. The second kappa shape index (κ2) is 7.87. The van der Waals surface area contributed by atoms with Crippen LogP contribution in [-0.4, -0.2) is 34.7 Å². The molecule has 0 radical (unpaired) electrons. The minimum absolute atomic E-state index is 0.165. The zero-order valence-corrected chi connectivity index (χ0v) is 17.5. The number of thiophene rings is 1. The third-order valence-electron chi connectivity index (χ3n) is 4.81. The van der Waals surface area contributed by atoms with Crippen LogP contribution in [0, 0.1) is 18.6 Å². The molecule has 0 atom stereocenters. The smallest absolute Gasteiger partial charge is 0.264 e. The van der Waals surface area contributed by atoms with Crippen LogP contribution in [-0.2, 0) is 6.54 Å². The van der Waals surface area contributed by atoms with Crippen molar-refractivity contribution in [2.24, 2.45) is 0 Å². The molecule has 4 aromatic rings. The van der Waals surface area contributed by atoms with Gasteiger partial charge in [-0.1, -0.05) is 6.07 Å². The van der Waals surface area contributed by atoms with Crippen LogP contribution >= 0.6 is 11.3 Å². The quantitative estimate of drug-likeness (QED) is 0.453. The first-order chi connectivity index (χ1) is 14.4. The van der Waals surface area contributed by atoms with Gasteiger partial charge in [0.1, 0.15) is 10.6 Å². The van der Waals surface area contributed by atoms with Crippen LogP contribution in [0.25, 0.3) is 15.9 Å². The van der Waals surface area contributed by atoms with Crippen molar-refractivity contribution in [1.82, 2.24) is 14.7 Å². The fourth-order valence-electron chi connectivity index (χ4n) is 3.25. The van der Waals surface area contributed by atoms with Crippen LogP contribution in [0.15, 0.2) is 48.5 Å². The van der Waals surface area contributed by atoms with Gasteiger partial charge in [-0.25, -0.2) is 13.5 Å². The van der Waals surface area contributed by atoms with Gasteiger partial charge in [0.05, 0.1) is 23.4 Å². The van der Waals surface area contributed by atoms with Gasteiger partial charge < -0.3 is 9.64 Å². The first kappa shape index (κ1) is 20.0. The predicted octanol–water partition coefficient (Wildman–Crippen LogP) is 4.95. The molecule has 0 N–H and O–H groups in total. The minimum atomic E-state index is -0.465. The van der Waals surface area contributed by atoms with E-state index in [9.17, 15) is 13.6 Å². The average Bonchev–Trinajstić information content (AvgIpc) is 3.29. The Kier molecular flexibility index (Phi) is 5.26. The van der Waals surface area contributed by atoms with Crippen molar-refractivity contribution >= 4 is 27.5 Å². The van der Waals surface area contributed by atoms with E-state index in [4.69, 9.17) is 4.74 Å². The van der Waals surface area contributed by atoms with Gasteiger partial charge in [0.25, 0.3) is 5.91 Å². The summed E-state index contributed by atoms with van der Waals surface area (Å²) in [6.45, 7) is 2.13. The van der Waals surface area contributed by atoms with Crippen molar-refractivity contribution in [2.45, 2.75) is 13.5 Å². The SMILES string of the molecule is COc1ccc(CN(C)C(=O)c2cc3c(C)nn(-c4ccc(F)cc4)c3s2)cc1F. The molecule has 0 aliphatic rings. The highest BCUT2D eigenvalue weighted by Gasteiger charge is 2.20. The first-order valence-electron chi connectivity index (χ1n) is 9.20. The summed E-state index contributed by atoms with van der Waals surface area (Å²) in [5.74, 6) is -0.791. The molecule has 2 aromatic heterocycles. The van der Waals surface area contributed by atoms with Crippen LogP contribution in [0.4, 0.5) is 8.78 Å². The molecule has 30 heavy (non-hydrogen) atoms. The number of halogens is 2. The highest BCUT2D eigenvalue weighted by Crippen LogP contribution is 2.31. The van der Waals surface area contributed by atoms with Crippen molar-refractivity contribution in [1.29, 1.82) is 0 Å². The molecule has 8 heteroatoms. The number of hydrogen-bond donors (Lipinski definition) is 0. The number of aromatic nitrogens is 2. The normalized spacial score (nSPS) is 11.1. The van der Waals surface area contributed by atoms with Crippen LogP contribution in [0.2, 0.25) is 0 Å². The van der Waals surface area contributed by atoms with E-state index in [0.717, 1.165) is 21.6 Å². The lowest BCUT2D eigenvalue weighted by atomic mass is 10.2. The summed E-state index contributed by atoms with van der Waals surface area (Å²) in [6.07, 6.45) is 0. The van der Waals surface area contributed by atoms with Gasteiger partial charge in [-0.3, -0.25) is 4.79 Å². The predicted molar refractivity (Wildman–Crippen MR) is 112 cm³/mol. The molecule has 4 rings (SSSR count). The van der Waals surface area contributed by atoms with Crippen LogP contribution < -0.4 is 4.74 Å². The summed E-state index contributed by atoms with van der Waals surface area (Å²) in [4.78, 5) is 15.9. The second-order valence-electron chi connectivity index (χ2n) is 6.93. The number of amides is 1. The third kappa shape index (κ3) is 3.66. The van der Waals surface area contributed by atoms with Crippen molar-refractivity contribution in [3.8, 4) is 11.4 Å². The van der Waals surface area contributed by atoms with E-state index in [1.807, 2.05) is 13.0 Å². The Morgan fingerprint density at radius 2 is 1.90 bits per heavy atom. The van der Waals surface area contributed by atoms with Gasteiger partial charge in [-0.05, 0) is 55.0 Å². The number of hydrogen-bond acceptors (Lipinski definition) is 4. The molecule has 0 aliphatic heterocycles. The molecule has 154 valence electrons. The van der Waals surface area contributed by atoms with Crippen molar-refractivity contribution in [3.63, 3.8) is 0 Å². The van der Waals surface area contributed by atoms with E-state index < -0.39 is 5.82 Å². The number of ether oxygens (including phenoxy) is 1. The number of nitrogens with zero attached hydrogens (tertiary/aromatic N) is 3. The molecule has 0 unspecified atom stereocenters. The number of methoxy groups -OCH3 is 1. The third-order valence-corrected chi connectivity index (χ3v) is 5.91. The van der Waals surface area contributed by atoms with Crippen molar-refractivity contribution < 1.29 is 18.3 Å². The molecule has 0 bridgehead atoms. The van der Waals surface area contributed by atoms with Crippen LogP contribution in [0.5, 0.6) is 5.75 Å². The molecule has 0 saturated carbocycles. The maximum absolute atomic E-state index is 13.9. The molecular formula is C22H19F2N3O2S. The summed E-state index contributed by atoms with van der Waals surface area (Å²) >= 11 is 1.32. The summed E-state index contributed by atoms with van der Waals surface area (Å²) in [5.41, 5.74) is 2.17. The fraction of sp³-hybridized carbons (Fsp3) is 0.182. The lowest BCUT2D eigenvalue weighted by Gasteiger charge is -2.16. The largest absolute Gasteiger partial charge is 0.494 e. The Labute approximate surface area is 176 Å². The van der Waals surface area contributed by atoms with E-state index in [2.05, 4.69) is 5.10 Å². The van der Waals surface area contributed by atoms with Crippen LogP contribution in [0.1, 0.15) is 20.9 Å². The lowest BCUT2D eigenvalue weighted by Crippen LogP contribution is -2.25. The number of rotatable bonds is 5. The first-order valence-corrected chi connectivity index (χ1v) is 10.0. The number of carbonyl (C=O) groups is 1. The molecule has 0 spiro atoms. The number of carbonyl (C=O) groups excluding carboxylic acids is 1. The summed E-state index contributed by atoms with van der Waals surface area (Å²) < 4.78 is 33.8. The summed E-state index contributed by atoms with van der Waals surface area (Å²) in [5, 5.41) is 5.39. The molecule has 2 aromatic carbocycles. The Morgan fingerprint density at radius 3 is 2.57 bits per heavy atom. The highest BCUT2D eigenvalue weighted by molar-refractivity contribution is 7.20.